The number of hydrogen-bond donors (Lipinski definition) is 2. The second kappa shape index (κ2) is 7.27. The summed E-state index contributed by atoms with van der Waals surface area (Å²) in [4.78, 5) is 23.2. The van der Waals surface area contributed by atoms with Crippen molar-refractivity contribution in [2.45, 2.75) is 12.5 Å². The lowest BCUT2D eigenvalue weighted by atomic mass is 10.1. The molecule has 0 aliphatic rings. The summed E-state index contributed by atoms with van der Waals surface area (Å²) in [6, 6.07) is 11.7. The van der Waals surface area contributed by atoms with Crippen molar-refractivity contribution >= 4 is 32.5 Å². The standard InChI is InChI=1S/C17H17NO5S/c1-24(22,23)9-8-15(11-16(19)20)18-17(21)14-7-6-12-4-2-3-5-13(12)10-14/h2-10,15H,11H2,1H3,(H,18,21)(H,19,20)/b9-8+/t15-/m1/s1. The van der Waals surface area contributed by atoms with Gasteiger partial charge in [0.2, 0.25) is 0 Å². The zero-order chi connectivity index (χ0) is 17.7. The van der Waals surface area contributed by atoms with Crippen LogP contribution in [0.3, 0.4) is 0 Å². The van der Waals surface area contributed by atoms with Crippen molar-refractivity contribution in [1.29, 1.82) is 0 Å². The van der Waals surface area contributed by atoms with Gasteiger partial charge in [0.15, 0.2) is 9.84 Å². The van der Waals surface area contributed by atoms with E-state index in [2.05, 4.69) is 5.32 Å². The van der Waals surface area contributed by atoms with Crippen molar-refractivity contribution in [2.24, 2.45) is 0 Å². The maximum absolute atomic E-state index is 12.3. The molecule has 0 spiro atoms. The zero-order valence-electron chi connectivity index (χ0n) is 13.0. The molecular weight excluding hydrogens is 330 g/mol. The highest BCUT2D eigenvalue weighted by molar-refractivity contribution is 7.93. The van der Waals surface area contributed by atoms with Crippen LogP contribution in [0.15, 0.2) is 53.9 Å². The third-order valence-corrected chi connectivity index (χ3v) is 3.93. The Labute approximate surface area is 139 Å². The quantitative estimate of drug-likeness (QED) is 0.832. The third kappa shape index (κ3) is 5.20. The van der Waals surface area contributed by atoms with E-state index < -0.39 is 34.2 Å². The molecule has 0 aliphatic carbocycles. The molecule has 2 N–H and O–H groups in total. The van der Waals surface area contributed by atoms with Gasteiger partial charge in [0.1, 0.15) is 0 Å². The molecule has 1 amide bonds. The lowest BCUT2D eigenvalue weighted by Gasteiger charge is -2.13. The lowest BCUT2D eigenvalue weighted by molar-refractivity contribution is -0.137. The number of rotatable bonds is 6. The highest BCUT2D eigenvalue weighted by atomic mass is 32.2. The van der Waals surface area contributed by atoms with Gasteiger partial charge in [-0.1, -0.05) is 36.4 Å². The van der Waals surface area contributed by atoms with Crippen LogP contribution >= 0.6 is 0 Å². The Hall–Kier alpha value is -2.67. The average Bonchev–Trinajstić information content (AvgIpc) is 2.51. The molecule has 0 saturated heterocycles. The summed E-state index contributed by atoms with van der Waals surface area (Å²) in [5, 5.41) is 14.2. The van der Waals surface area contributed by atoms with Crippen LogP contribution in [0.5, 0.6) is 0 Å². The van der Waals surface area contributed by atoms with E-state index in [0.29, 0.717) is 5.56 Å². The molecule has 126 valence electrons. The topological polar surface area (TPSA) is 101 Å². The monoisotopic (exact) mass is 347 g/mol. The van der Waals surface area contributed by atoms with Gasteiger partial charge < -0.3 is 10.4 Å². The van der Waals surface area contributed by atoms with Gasteiger partial charge in [-0.2, -0.15) is 0 Å². The van der Waals surface area contributed by atoms with Gasteiger partial charge in [-0.25, -0.2) is 8.42 Å². The number of nitrogens with one attached hydrogen (secondary N) is 1. The highest BCUT2D eigenvalue weighted by Gasteiger charge is 2.15. The van der Waals surface area contributed by atoms with E-state index in [1.54, 1.807) is 18.2 Å². The molecule has 2 aromatic carbocycles. The Morgan fingerprint density at radius 1 is 1.17 bits per heavy atom. The van der Waals surface area contributed by atoms with E-state index >= 15 is 0 Å². The molecule has 0 aromatic heterocycles. The predicted molar refractivity (Wildman–Crippen MR) is 91.4 cm³/mol. The molecule has 2 aromatic rings. The summed E-state index contributed by atoms with van der Waals surface area (Å²) < 4.78 is 22.4. The Kier molecular flexibility index (Phi) is 5.35. The number of fused-ring (bicyclic) bond motifs is 1. The van der Waals surface area contributed by atoms with Gasteiger partial charge in [0.05, 0.1) is 12.5 Å². The van der Waals surface area contributed by atoms with Crippen molar-refractivity contribution in [2.75, 3.05) is 6.26 Å². The number of benzene rings is 2. The van der Waals surface area contributed by atoms with Gasteiger partial charge in [-0.3, -0.25) is 9.59 Å². The molecule has 24 heavy (non-hydrogen) atoms. The van der Waals surface area contributed by atoms with Gasteiger partial charge >= 0.3 is 5.97 Å². The normalized spacial score (nSPS) is 13.0. The fraction of sp³-hybridized carbons (Fsp3) is 0.176. The number of carbonyl (C=O) groups is 2. The lowest BCUT2D eigenvalue weighted by Crippen LogP contribution is -2.35. The van der Waals surface area contributed by atoms with Crippen molar-refractivity contribution < 1.29 is 23.1 Å². The molecule has 0 unspecified atom stereocenters. The Balaban J connectivity index is 2.21. The minimum Gasteiger partial charge on any atom is -0.481 e. The number of amides is 1. The summed E-state index contributed by atoms with van der Waals surface area (Å²) in [6.07, 6.45) is 1.75. The van der Waals surface area contributed by atoms with Gasteiger partial charge in [0.25, 0.3) is 5.91 Å². The molecule has 0 radical (unpaired) electrons. The number of carboxylic acids is 1. The maximum Gasteiger partial charge on any atom is 0.305 e. The number of aliphatic carboxylic acids is 1. The summed E-state index contributed by atoms with van der Waals surface area (Å²) in [7, 11) is -3.41. The summed E-state index contributed by atoms with van der Waals surface area (Å²) in [5.41, 5.74) is 0.372. The largest absolute Gasteiger partial charge is 0.481 e. The second-order valence-electron chi connectivity index (χ2n) is 5.40. The van der Waals surface area contributed by atoms with E-state index in [1.807, 2.05) is 24.3 Å². The van der Waals surface area contributed by atoms with E-state index in [9.17, 15) is 18.0 Å². The molecule has 0 bridgehead atoms. The minimum absolute atomic E-state index is 0.372. The fourth-order valence-electron chi connectivity index (χ4n) is 2.18. The smallest absolute Gasteiger partial charge is 0.305 e. The van der Waals surface area contributed by atoms with Crippen molar-refractivity contribution in [1.82, 2.24) is 5.32 Å². The van der Waals surface area contributed by atoms with E-state index in [4.69, 9.17) is 5.11 Å². The molecule has 0 fully saturated rings. The molecule has 6 nitrogen and oxygen atoms in total. The van der Waals surface area contributed by atoms with Crippen LogP contribution in [0.1, 0.15) is 16.8 Å². The molecule has 1 atom stereocenters. The number of sulfone groups is 1. The zero-order valence-corrected chi connectivity index (χ0v) is 13.8. The Morgan fingerprint density at radius 3 is 2.46 bits per heavy atom. The first-order valence-electron chi connectivity index (χ1n) is 7.14. The molecule has 0 heterocycles. The van der Waals surface area contributed by atoms with E-state index in [-0.39, 0.29) is 0 Å². The van der Waals surface area contributed by atoms with Crippen LogP contribution in [0.25, 0.3) is 10.8 Å². The van der Waals surface area contributed by atoms with Gasteiger partial charge in [-0.15, -0.1) is 0 Å². The Bertz CT molecular complexity index is 902. The maximum atomic E-state index is 12.3. The molecule has 2 rings (SSSR count). The molecule has 0 saturated carbocycles. The van der Waals surface area contributed by atoms with Crippen LogP contribution in [0, 0.1) is 0 Å². The first-order valence-corrected chi connectivity index (χ1v) is 9.10. The fourth-order valence-corrected chi connectivity index (χ4v) is 2.65. The molecular formula is C17H17NO5S. The van der Waals surface area contributed by atoms with E-state index in [0.717, 1.165) is 22.4 Å². The van der Waals surface area contributed by atoms with Crippen LogP contribution in [-0.2, 0) is 14.6 Å². The minimum atomic E-state index is -3.41. The highest BCUT2D eigenvalue weighted by Crippen LogP contribution is 2.15. The number of carboxylic acid groups (broad SMARTS) is 1. The summed E-state index contributed by atoms with van der Waals surface area (Å²) in [5.74, 6) is -1.61. The van der Waals surface area contributed by atoms with Crippen LogP contribution in [-0.4, -0.2) is 37.7 Å². The average molecular weight is 347 g/mol. The second-order valence-corrected chi connectivity index (χ2v) is 7.33. The van der Waals surface area contributed by atoms with Crippen molar-refractivity contribution in [3.63, 3.8) is 0 Å². The Morgan fingerprint density at radius 2 is 1.83 bits per heavy atom. The van der Waals surface area contributed by atoms with Crippen LogP contribution in [0.2, 0.25) is 0 Å². The number of hydrogen-bond acceptors (Lipinski definition) is 4. The van der Waals surface area contributed by atoms with Gasteiger partial charge in [0, 0.05) is 17.2 Å². The van der Waals surface area contributed by atoms with Crippen LogP contribution in [0.4, 0.5) is 0 Å². The molecule has 0 aliphatic heterocycles. The third-order valence-electron chi connectivity index (χ3n) is 3.28. The SMILES string of the molecule is CS(=O)(=O)/C=C/[C@H](CC(=O)O)NC(=O)c1ccc2ccccc2c1. The first kappa shape index (κ1) is 17.7. The predicted octanol–water partition coefficient (Wildman–Crippen LogP) is 1.97. The molecule has 7 heteroatoms. The van der Waals surface area contributed by atoms with Crippen LogP contribution < -0.4 is 5.32 Å². The van der Waals surface area contributed by atoms with E-state index in [1.165, 1.54) is 6.08 Å². The van der Waals surface area contributed by atoms with Crippen molar-refractivity contribution in [3.8, 4) is 0 Å². The van der Waals surface area contributed by atoms with Crippen molar-refractivity contribution in [3.05, 3.63) is 59.5 Å². The number of carbonyl (C=O) groups excluding carboxylic acids is 1. The summed E-state index contributed by atoms with van der Waals surface area (Å²) in [6.45, 7) is 0. The summed E-state index contributed by atoms with van der Waals surface area (Å²) >= 11 is 0. The first-order chi connectivity index (χ1) is 11.2. The van der Waals surface area contributed by atoms with Gasteiger partial charge in [-0.05, 0) is 22.9 Å².